The molecule has 7 heteroatoms. The molecule has 2 aromatic rings. The fourth-order valence-corrected chi connectivity index (χ4v) is 2.81. The summed E-state index contributed by atoms with van der Waals surface area (Å²) in [6.45, 7) is 0.135. The molecule has 1 unspecified atom stereocenters. The summed E-state index contributed by atoms with van der Waals surface area (Å²) in [5, 5.41) is 12.7. The maximum absolute atomic E-state index is 12.1. The molecule has 2 rings (SSSR count). The smallest absolute Gasteiger partial charge is 0.407 e. The molecule has 1 atom stereocenters. The van der Waals surface area contributed by atoms with Crippen molar-refractivity contribution in [2.75, 3.05) is 0 Å². The van der Waals surface area contributed by atoms with Gasteiger partial charge in [0, 0.05) is 22.5 Å². The highest BCUT2D eigenvalue weighted by Crippen LogP contribution is 2.23. The Bertz CT molecular complexity index is 752. The van der Waals surface area contributed by atoms with Crippen LogP contribution < -0.4 is 5.32 Å². The van der Waals surface area contributed by atoms with Crippen molar-refractivity contribution in [3.05, 3.63) is 69.7 Å². The average Bonchev–Trinajstić information content (AvgIpc) is 2.62. The van der Waals surface area contributed by atoms with Gasteiger partial charge in [0.1, 0.15) is 6.61 Å². The van der Waals surface area contributed by atoms with Crippen molar-refractivity contribution >= 4 is 35.3 Å². The lowest BCUT2D eigenvalue weighted by Gasteiger charge is -2.19. The van der Waals surface area contributed by atoms with Crippen molar-refractivity contribution in [2.24, 2.45) is 0 Å². The quantitative estimate of drug-likeness (QED) is 0.679. The second-order valence-electron chi connectivity index (χ2n) is 5.78. The highest BCUT2D eigenvalue weighted by atomic mass is 35.5. The zero-order valence-corrected chi connectivity index (χ0v) is 15.5. The topological polar surface area (TPSA) is 75.6 Å². The summed E-state index contributed by atoms with van der Waals surface area (Å²) in [6.07, 6.45) is -0.0875. The number of carboxylic acids is 1. The van der Waals surface area contributed by atoms with Crippen LogP contribution in [0.4, 0.5) is 4.79 Å². The molecule has 0 spiro atoms. The molecule has 0 aliphatic heterocycles. The Balaban J connectivity index is 1.98. The minimum atomic E-state index is -0.938. The van der Waals surface area contributed by atoms with E-state index < -0.39 is 18.1 Å². The average molecular weight is 396 g/mol. The van der Waals surface area contributed by atoms with E-state index in [0.29, 0.717) is 16.5 Å². The Morgan fingerprint density at radius 1 is 1.12 bits per heavy atom. The number of carbonyl (C=O) groups is 2. The largest absolute Gasteiger partial charge is 0.481 e. The summed E-state index contributed by atoms with van der Waals surface area (Å²) >= 11 is 12.1. The molecule has 0 aliphatic carbocycles. The lowest BCUT2D eigenvalue weighted by Crippen LogP contribution is -2.37. The lowest BCUT2D eigenvalue weighted by atomic mass is 10.0. The van der Waals surface area contributed by atoms with Crippen LogP contribution in [0.25, 0.3) is 0 Å². The van der Waals surface area contributed by atoms with Crippen molar-refractivity contribution in [1.82, 2.24) is 5.32 Å². The van der Waals surface area contributed by atoms with E-state index in [1.165, 1.54) is 0 Å². The number of ether oxygens (including phenoxy) is 1. The molecular weight excluding hydrogens is 377 g/mol. The van der Waals surface area contributed by atoms with Crippen molar-refractivity contribution in [3.63, 3.8) is 0 Å². The molecule has 5 nitrogen and oxygen atoms in total. The third kappa shape index (κ3) is 6.94. The van der Waals surface area contributed by atoms with Crippen LogP contribution in [0.1, 0.15) is 24.0 Å². The Kier molecular flexibility index (Phi) is 7.75. The fourth-order valence-electron chi connectivity index (χ4n) is 2.42. The fraction of sp³-hybridized carbons (Fsp3) is 0.263. The van der Waals surface area contributed by atoms with Gasteiger partial charge in [0.15, 0.2) is 0 Å². The summed E-state index contributed by atoms with van der Waals surface area (Å²) in [5.41, 5.74) is 1.60. The molecule has 0 saturated heterocycles. The number of hydrogen-bond donors (Lipinski definition) is 2. The number of halogens is 2. The minimum absolute atomic E-state index is 0.0815. The van der Waals surface area contributed by atoms with Crippen LogP contribution in [-0.2, 0) is 22.6 Å². The molecule has 2 N–H and O–H groups in total. The number of amides is 1. The van der Waals surface area contributed by atoms with E-state index in [4.69, 9.17) is 33.0 Å². The van der Waals surface area contributed by atoms with Crippen LogP contribution in [0.5, 0.6) is 0 Å². The standard InChI is InChI=1S/C19H19Cl2NO4/c20-15-6-8-17(21)14(10-15)11-16(7-9-18(23)24)22-19(25)26-12-13-4-2-1-3-5-13/h1-6,8,10,16H,7,9,11-12H2,(H,22,25)(H,23,24). The summed E-state index contributed by atoms with van der Waals surface area (Å²) in [7, 11) is 0. The summed E-state index contributed by atoms with van der Waals surface area (Å²) in [6, 6.07) is 13.9. The molecule has 138 valence electrons. The number of rotatable bonds is 8. The van der Waals surface area contributed by atoms with Crippen LogP contribution in [-0.4, -0.2) is 23.2 Å². The predicted molar refractivity (Wildman–Crippen MR) is 101 cm³/mol. The van der Waals surface area contributed by atoms with Gasteiger partial charge in [-0.2, -0.15) is 0 Å². The van der Waals surface area contributed by atoms with E-state index in [1.807, 2.05) is 30.3 Å². The third-order valence-electron chi connectivity index (χ3n) is 3.72. The van der Waals surface area contributed by atoms with Crippen molar-refractivity contribution < 1.29 is 19.4 Å². The Morgan fingerprint density at radius 2 is 1.85 bits per heavy atom. The number of carbonyl (C=O) groups excluding carboxylic acids is 1. The van der Waals surface area contributed by atoms with E-state index in [-0.39, 0.29) is 19.4 Å². The number of carboxylic acid groups (broad SMARTS) is 1. The summed E-state index contributed by atoms with van der Waals surface area (Å²) in [5.74, 6) is -0.938. The monoisotopic (exact) mass is 395 g/mol. The molecule has 2 aromatic carbocycles. The van der Waals surface area contributed by atoms with E-state index in [0.717, 1.165) is 11.1 Å². The van der Waals surface area contributed by atoms with E-state index in [1.54, 1.807) is 18.2 Å². The molecule has 26 heavy (non-hydrogen) atoms. The SMILES string of the molecule is O=C(O)CCC(Cc1cc(Cl)ccc1Cl)NC(=O)OCc1ccccc1. The molecule has 0 saturated carbocycles. The number of hydrogen-bond acceptors (Lipinski definition) is 3. The van der Waals surface area contributed by atoms with Gasteiger partial charge in [-0.3, -0.25) is 4.79 Å². The highest BCUT2D eigenvalue weighted by Gasteiger charge is 2.17. The van der Waals surface area contributed by atoms with Crippen LogP contribution in [0, 0.1) is 0 Å². The zero-order chi connectivity index (χ0) is 18.9. The first-order valence-corrected chi connectivity index (χ1v) is 8.82. The molecule has 0 fully saturated rings. The Hall–Kier alpha value is -2.24. The van der Waals surface area contributed by atoms with Gasteiger partial charge in [-0.15, -0.1) is 0 Å². The van der Waals surface area contributed by atoms with Gasteiger partial charge < -0.3 is 15.2 Å². The van der Waals surface area contributed by atoms with Gasteiger partial charge in [0.25, 0.3) is 0 Å². The van der Waals surface area contributed by atoms with Crippen molar-refractivity contribution in [2.45, 2.75) is 31.9 Å². The lowest BCUT2D eigenvalue weighted by molar-refractivity contribution is -0.137. The molecule has 1 amide bonds. The van der Waals surface area contributed by atoms with E-state index in [9.17, 15) is 9.59 Å². The zero-order valence-electron chi connectivity index (χ0n) is 14.0. The first kappa shape index (κ1) is 20.1. The van der Waals surface area contributed by atoms with Gasteiger partial charge in [-0.25, -0.2) is 4.79 Å². The number of aliphatic carboxylic acids is 1. The van der Waals surface area contributed by atoms with Crippen molar-refractivity contribution in [3.8, 4) is 0 Å². The van der Waals surface area contributed by atoms with Crippen LogP contribution in [0.15, 0.2) is 48.5 Å². The molecule has 0 radical (unpaired) electrons. The second-order valence-corrected chi connectivity index (χ2v) is 6.62. The maximum Gasteiger partial charge on any atom is 0.407 e. The first-order chi connectivity index (χ1) is 12.4. The summed E-state index contributed by atoms with van der Waals surface area (Å²) in [4.78, 5) is 23.0. The third-order valence-corrected chi connectivity index (χ3v) is 4.32. The molecule has 0 bridgehead atoms. The van der Waals surface area contributed by atoms with Crippen LogP contribution in [0.2, 0.25) is 10.0 Å². The van der Waals surface area contributed by atoms with Crippen LogP contribution >= 0.6 is 23.2 Å². The van der Waals surface area contributed by atoms with E-state index >= 15 is 0 Å². The predicted octanol–water partition coefficient (Wildman–Crippen LogP) is 4.70. The van der Waals surface area contributed by atoms with Gasteiger partial charge in [-0.1, -0.05) is 53.5 Å². The number of alkyl carbamates (subject to hydrolysis) is 1. The molecule has 0 heterocycles. The van der Waals surface area contributed by atoms with Crippen LogP contribution in [0.3, 0.4) is 0 Å². The normalized spacial score (nSPS) is 11.6. The van der Waals surface area contributed by atoms with Gasteiger partial charge in [0.05, 0.1) is 0 Å². The number of nitrogens with one attached hydrogen (secondary N) is 1. The first-order valence-electron chi connectivity index (χ1n) is 8.07. The summed E-state index contributed by atoms with van der Waals surface area (Å²) < 4.78 is 5.20. The van der Waals surface area contributed by atoms with Gasteiger partial charge in [0.2, 0.25) is 0 Å². The van der Waals surface area contributed by atoms with Gasteiger partial charge >= 0.3 is 12.1 Å². The minimum Gasteiger partial charge on any atom is -0.481 e. The Labute approximate surface area is 161 Å². The van der Waals surface area contributed by atoms with E-state index in [2.05, 4.69) is 5.32 Å². The maximum atomic E-state index is 12.1. The number of benzene rings is 2. The highest BCUT2D eigenvalue weighted by molar-refractivity contribution is 6.33. The molecule has 0 aromatic heterocycles. The Morgan fingerprint density at radius 3 is 2.54 bits per heavy atom. The van der Waals surface area contributed by atoms with Gasteiger partial charge in [-0.05, 0) is 42.2 Å². The van der Waals surface area contributed by atoms with Crippen molar-refractivity contribution in [1.29, 1.82) is 0 Å². The second kappa shape index (κ2) is 10.0. The molecule has 0 aliphatic rings. The molecular formula is C19H19Cl2NO4.